The van der Waals surface area contributed by atoms with Crippen LogP contribution in [0, 0.1) is 0 Å². The fourth-order valence-corrected chi connectivity index (χ4v) is 3.69. The second-order valence-electron chi connectivity index (χ2n) is 6.41. The summed E-state index contributed by atoms with van der Waals surface area (Å²) in [5, 5.41) is 3.25. The van der Waals surface area contributed by atoms with Crippen molar-refractivity contribution in [2.75, 3.05) is 13.7 Å². The Bertz CT molecular complexity index is 494. The number of hydrogen-bond acceptors (Lipinski definition) is 2. The van der Waals surface area contributed by atoms with Gasteiger partial charge >= 0.3 is 6.03 Å². The number of carbonyl (C=O) groups is 1. The summed E-state index contributed by atoms with van der Waals surface area (Å²) in [7, 11) is 1.68. The van der Waals surface area contributed by atoms with Gasteiger partial charge in [-0.2, -0.15) is 0 Å². The molecule has 1 aromatic rings. The molecule has 1 aliphatic heterocycles. The summed E-state index contributed by atoms with van der Waals surface area (Å²) in [5.74, 6) is 0.861. The molecule has 4 nitrogen and oxygen atoms in total. The van der Waals surface area contributed by atoms with E-state index >= 15 is 0 Å². The minimum atomic E-state index is 0.116. The molecule has 4 heteroatoms. The highest BCUT2D eigenvalue weighted by atomic mass is 16.5. The molecule has 22 heavy (non-hydrogen) atoms. The van der Waals surface area contributed by atoms with Crippen LogP contribution in [0.3, 0.4) is 0 Å². The lowest BCUT2D eigenvalue weighted by molar-refractivity contribution is 0.185. The smallest absolute Gasteiger partial charge is 0.318 e. The maximum atomic E-state index is 12.6. The third-order valence-corrected chi connectivity index (χ3v) is 4.95. The van der Waals surface area contributed by atoms with E-state index in [1.165, 1.54) is 24.8 Å². The van der Waals surface area contributed by atoms with Crippen molar-refractivity contribution in [3.05, 3.63) is 29.8 Å². The maximum absolute atomic E-state index is 12.6. The van der Waals surface area contributed by atoms with Crippen LogP contribution in [0.15, 0.2) is 24.3 Å². The Morgan fingerprint density at radius 2 is 1.82 bits per heavy atom. The third-order valence-electron chi connectivity index (χ3n) is 4.95. The van der Waals surface area contributed by atoms with Gasteiger partial charge in [-0.25, -0.2) is 4.79 Å². The van der Waals surface area contributed by atoms with E-state index in [4.69, 9.17) is 4.74 Å². The highest BCUT2D eigenvalue weighted by Crippen LogP contribution is 2.33. The van der Waals surface area contributed by atoms with Gasteiger partial charge in [-0.05, 0) is 43.4 Å². The van der Waals surface area contributed by atoms with Crippen molar-refractivity contribution in [2.45, 2.75) is 57.0 Å². The molecule has 0 spiro atoms. The normalized spacial score (nSPS) is 22.6. The molecule has 1 N–H and O–H groups in total. The zero-order valence-corrected chi connectivity index (χ0v) is 13.4. The Balaban J connectivity index is 1.64. The molecule has 1 heterocycles. The van der Waals surface area contributed by atoms with E-state index in [0.717, 1.165) is 38.0 Å². The quantitative estimate of drug-likeness (QED) is 0.920. The Morgan fingerprint density at radius 3 is 2.50 bits per heavy atom. The Labute approximate surface area is 132 Å². The van der Waals surface area contributed by atoms with Crippen LogP contribution < -0.4 is 10.1 Å². The lowest BCUT2D eigenvalue weighted by Crippen LogP contribution is -2.45. The summed E-state index contributed by atoms with van der Waals surface area (Å²) in [4.78, 5) is 14.6. The van der Waals surface area contributed by atoms with Crippen LogP contribution in [-0.4, -0.2) is 30.6 Å². The topological polar surface area (TPSA) is 41.6 Å². The van der Waals surface area contributed by atoms with Crippen LogP contribution in [0.5, 0.6) is 5.75 Å². The second kappa shape index (κ2) is 7.03. The Morgan fingerprint density at radius 1 is 1.09 bits per heavy atom. The van der Waals surface area contributed by atoms with Crippen molar-refractivity contribution in [3.63, 3.8) is 0 Å². The molecule has 0 unspecified atom stereocenters. The number of urea groups is 1. The first kappa shape index (κ1) is 15.2. The zero-order valence-electron chi connectivity index (χ0n) is 13.4. The molecule has 1 aromatic carbocycles. The fraction of sp³-hybridized carbons (Fsp3) is 0.611. The first-order valence-electron chi connectivity index (χ1n) is 8.49. The summed E-state index contributed by atoms with van der Waals surface area (Å²) in [5.41, 5.74) is 1.21. The highest BCUT2D eigenvalue weighted by molar-refractivity contribution is 5.75. The van der Waals surface area contributed by atoms with Crippen LogP contribution >= 0.6 is 0 Å². The molecule has 1 saturated heterocycles. The summed E-state index contributed by atoms with van der Waals surface area (Å²) in [6.07, 6.45) is 8.18. The molecule has 0 bridgehead atoms. The van der Waals surface area contributed by atoms with Crippen LogP contribution in [0.25, 0.3) is 0 Å². The standard InChI is InChI=1S/C18H26N2O2/c1-22-16-11-9-14(10-12-16)17-8-5-13-20(17)18(21)19-15-6-3-2-4-7-15/h9-12,15,17H,2-8,13H2,1H3,(H,19,21)/t17-/m0/s1. The van der Waals surface area contributed by atoms with Gasteiger partial charge in [0, 0.05) is 12.6 Å². The van der Waals surface area contributed by atoms with Gasteiger partial charge in [0.1, 0.15) is 5.75 Å². The predicted octanol–water partition coefficient (Wildman–Crippen LogP) is 3.87. The van der Waals surface area contributed by atoms with Crippen LogP contribution in [0.4, 0.5) is 4.79 Å². The fourth-order valence-electron chi connectivity index (χ4n) is 3.69. The van der Waals surface area contributed by atoms with E-state index in [1.54, 1.807) is 7.11 Å². The zero-order chi connectivity index (χ0) is 15.4. The van der Waals surface area contributed by atoms with E-state index in [0.29, 0.717) is 6.04 Å². The molecule has 0 radical (unpaired) electrons. The average molecular weight is 302 g/mol. The van der Waals surface area contributed by atoms with Crippen molar-refractivity contribution in [1.29, 1.82) is 0 Å². The number of nitrogens with zero attached hydrogens (tertiary/aromatic N) is 1. The minimum absolute atomic E-state index is 0.116. The molecule has 1 aliphatic carbocycles. The molecule has 1 atom stereocenters. The monoisotopic (exact) mass is 302 g/mol. The first-order chi connectivity index (χ1) is 10.8. The summed E-state index contributed by atoms with van der Waals surface area (Å²) in [6, 6.07) is 8.80. The lowest BCUT2D eigenvalue weighted by Gasteiger charge is -2.29. The molecule has 2 fully saturated rings. The second-order valence-corrected chi connectivity index (χ2v) is 6.41. The minimum Gasteiger partial charge on any atom is -0.497 e. The SMILES string of the molecule is COc1ccc([C@@H]2CCCN2C(=O)NC2CCCCC2)cc1. The number of methoxy groups -OCH3 is 1. The van der Waals surface area contributed by atoms with Gasteiger partial charge in [0.15, 0.2) is 0 Å². The number of rotatable bonds is 3. The molecule has 2 aliphatic rings. The van der Waals surface area contributed by atoms with Gasteiger partial charge in [-0.1, -0.05) is 31.4 Å². The molecular formula is C18H26N2O2. The van der Waals surface area contributed by atoms with E-state index in [1.807, 2.05) is 17.0 Å². The van der Waals surface area contributed by atoms with Gasteiger partial charge in [0.25, 0.3) is 0 Å². The lowest BCUT2D eigenvalue weighted by atomic mass is 9.96. The Hall–Kier alpha value is -1.71. The number of ether oxygens (including phenoxy) is 1. The van der Waals surface area contributed by atoms with E-state index in [-0.39, 0.29) is 12.1 Å². The number of benzene rings is 1. The van der Waals surface area contributed by atoms with Gasteiger partial charge in [-0.15, -0.1) is 0 Å². The largest absolute Gasteiger partial charge is 0.497 e. The summed E-state index contributed by atoms with van der Waals surface area (Å²) in [6.45, 7) is 0.856. The van der Waals surface area contributed by atoms with E-state index < -0.39 is 0 Å². The number of likely N-dealkylation sites (tertiary alicyclic amines) is 1. The Kier molecular flexibility index (Phi) is 4.86. The van der Waals surface area contributed by atoms with Crippen LogP contribution in [-0.2, 0) is 0 Å². The van der Waals surface area contributed by atoms with E-state index in [9.17, 15) is 4.79 Å². The number of nitrogens with one attached hydrogen (secondary N) is 1. The summed E-state index contributed by atoms with van der Waals surface area (Å²) < 4.78 is 5.21. The van der Waals surface area contributed by atoms with Crippen LogP contribution in [0.1, 0.15) is 56.6 Å². The molecule has 1 saturated carbocycles. The van der Waals surface area contributed by atoms with Crippen molar-refractivity contribution in [3.8, 4) is 5.75 Å². The van der Waals surface area contributed by atoms with Gasteiger partial charge in [-0.3, -0.25) is 0 Å². The summed E-state index contributed by atoms with van der Waals surface area (Å²) >= 11 is 0. The molecule has 120 valence electrons. The van der Waals surface area contributed by atoms with Crippen LogP contribution in [0.2, 0.25) is 0 Å². The molecule has 2 amide bonds. The first-order valence-corrected chi connectivity index (χ1v) is 8.49. The highest BCUT2D eigenvalue weighted by Gasteiger charge is 2.31. The maximum Gasteiger partial charge on any atom is 0.318 e. The molecular weight excluding hydrogens is 276 g/mol. The van der Waals surface area contributed by atoms with Crippen molar-refractivity contribution < 1.29 is 9.53 Å². The average Bonchev–Trinajstić information content (AvgIpc) is 3.05. The van der Waals surface area contributed by atoms with E-state index in [2.05, 4.69) is 17.4 Å². The van der Waals surface area contributed by atoms with Crippen molar-refractivity contribution >= 4 is 6.03 Å². The number of carbonyl (C=O) groups excluding carboxylic acids is 1. The number of amides is 2. The van der Waals surface area contributed by atoms with Crippen molar-refractivity contribution in [1.82, 2.24) is 10.2 Å². The number of hydrogen-bond donors (Lipinski definition) is 1. The molecule has 0 aromatic heterocycles. The molecule has 3 rings (SSSR count). The third kappa shape index (κ3) is 3.37. The van der Waals surface area contributed by atoms with Crippen molar-refractivity contribution in [2.24, 2.45) is 0 Å². The predicted molar refractivity (Wildman–Crippen MR) is 87.1 cm³/mol. The van der Waals surface area contributed by atoms with Gasteiger partial charge in [0.05, 0.1) is 13.2 Å². The van der Waals surface area contributed by atoms with Gasteiger partial charge in [0.2, 0.25) is 0 Å². The van der Waals surface area contributed by atoms with Gasteiger partial charge < -0.3 is 15.0 Å².